The highest BCUT2D eigenvalue weighted by Crippen LogP contribution is 2.45. The van der Waals surface area contributed by atoms with Gasteiger partial charge >= 0.3 is 5.69 Å². The minimum Gasteiger partial charge on any atom is -0.497 e. The van der Waals surface area contributed by atoms with Gasteiger partial charge in [0.2, 0.25) is 0 Å². The number of rotatable bonds is 5. The molecular formula is C19H20N5O4+. The fraction of sp³-hybridized carbons (Fsp3) is 0.263. The Morgan fingerprint density at radius 3 is 2.57 bits per heavy atom. The lowest BCUT2D eigenvalue weighted by molar-refractivity contribution is -0.612. The quantitative estimate of drug-likeness (QED) is 0.481. The second kappa shape index (κ2) is 6.93. The first-order valence-corrected chi connectivity index (χ1v) is 8.92. The number of nitro groups is 1. The Hall–Kier alpha value is -3.46. The highest BCUT2D eigenvalue weighted by molar-refractivity contribution is 5.93. The van der Waals surface area contributed by atoms with Gasteiger partial charge in [-0.15, -0.1) is 0 Å². The number of ether oxygens (including phenoxy) is 1. The van der Waals surface area contributed by atoms with Crippen molar-refractivity contribution in [2.24, 2.45) is 5.73 Å². The highest BCUT2D eigenvalue weighted by atomic mass is 16.6. The number of hydrogen-bond acceptors (Lipinski definition) is 6. The molecule has 2 aliphatic heterocycles. The van der Waals surface area contributed by atoms with Crippen molar-refractivity contribution in [3.63, 3.8) is 0 Å². The van der Waals surface area contributed by atoms with Gasteiger partial charge in [0.15, 0.2) is 4.87 Å². The molecule has 0 saturated carbocycles. The Labute approximate surface area is 161 Å². The molecule has 2 N–H and O–H groups in total. The van der Waals surface area contributed by atoms with E-state index in [2.05, 4.69) is 4.90 Å². The van der Waals surface area contributed by atoms with E-state index in [0.717, 1.165) is 27.6 Å². The number of non-ortho nitro benzene ring substituents is 1. The van der Waals surface area contributed by atoms with Gasteiger partial charge in [-0.1, -0.05) is 5.01 Å². The molecule has 2 aromatic rings. The monoisotopic (exact) mass is 382 g/mol. The van der Waals surface area contributed by atoms with Gasteiger partial charge in [0.05, 0.1) is 34.3 Å². The molecule has 0 unspecified atom stereocenters. The van der Waals surface area contributed by atoms with E-state index in [1.54, 1.807) is 18.2 Å². The zero-order valence-corrected chi connectivity index (χ0v) is 15.4. The Balaban J connectivity index is 1.93. The van der Waals surface area contributed by atoms with Gasteiger partial charge in [-0.05, 0) is 30.3 Å². The van der Waals surface area contributed by atoms with Gasteiger partial charge in [0.25, 0.3) is 5.69 Å². The third-order valence-electron chi connectivity index (χ3n) is 5.02. The lowest BCUT2D eigenvalue weighted by Gasteiger charge is -2.33. The van der Waals surface area contributed by atoms with Crippen LogP contribution in [-0.2, 0) is 0 Å². The number of methoxy groups -OCH3 is 1. The van der Waals surface area contributed by atoms with Crippen molar-refractivity contribution in [1.82, 2.24) is 9.91 Å². The molecule has 2 heterocycles. The minimum absolute atomic E-state index is 0.107. The molecule has 9 heteroatoms. The van der Waals surface area contributed by atoms with E-state index in [1.165, 1.54) is 12.1 Å². The summed E-state index contributed by atoms with van der Waals surface area (Å²) in [7, 11) is 1.61. The average molecular weight is 382 g/mol. The van der Waals surface area contributed by atoms with Crippen LogP contribution in [0.15, 0.2) is 42.5 Å². The molecule has 0 fully saturated rings. The summed E-state index contributed by atoms with van der Waals surface area (Å²) in [5, 5.41) is 12.8. The van der Waals surface area contributed by atoms with Crippen molar-refractivity contribution in [2.75, 3.05) is 33.3 Å². The molecule has 144 valence electrons. The lowest BCUT2D eigenvalue weighted by Crippen LogP contribution is -2.42. The second-order valence-corrected chi connectivity index (χ2v) is 6.56. The summed E-state index contributed by atoms with van der Waals surface area (Å²) in [5.41, 5.74) is 9.21. The lowest BCUT2D eigenvalue weighted by atomic mass is 10.0. The van der Waals surface area contributed by atoms with Crippen LogP contribution in [0.25, 0.3) is 11.4 Å². The van der Waals surface area contributed by atoms with Crippen molar-refractivity contribution < 1.29 is 14.5 Å². The van der Waals surface area contributed by atoms with Crippen molar-refractivity contribution in [2.45, 2.75) is 0 Å². The number of nitrogens with two attached hydrogens (primary N) is 1. The molecule has 0 aromatic heterocycles. The number of nitro benzene ring substituents is 1. The molecule has 0 atom stereocenters. The Morgan fingerprint density at radius 1 is 1.18 bits per heavy atom. The number of benzene rings is 2. The van der Waals surface area contributed by atoms with E-state index >= 15 is 0 Å². The fourth-order valence-corrected chi connectivity index (χ4v) is 3.73. The van der Waals surface area contributed by atoms with Crippen LogP contribution in [0.3, 0.4) is 0 Å². The van der Waals surface area contributed by atoms with Gasteiger partial charge in [-0.25, -0.2) is 0 Å². The van der Waals surface area contributed by atoms with Crippen LogP contribution < -0.4 is 10.5 Å². The number of nitroso groups, excluding NO2 is 1. The minimum atomic E-state index is -0.495. The maximum atomic E-state index is 12.9. The standard InChI is InChI=1S/C19H20N5O4/c1-28-15-5-2-13(3-6-15)18-19-16-7-4-14(24(26)27)12-17(16)23(25)22(19)11-10-21(18)9-8-20/h2-7,12H,8-11,20H2,1H3/q+1. The van der Waals surface area contributed by atoms with E-state index in [0.29, 0.717) is 31.7 Å². The summed E-state index contributed by atoms with van der Waals surface area (Å²) >= 11 is 0. The summed E-state index contributed by atoms with van der Waals surface area (Å²) in [6, 6.07) is 12.0. The molecule has 28 heavy (non-hydrogen) atoms. The first kappa shape index (κ1) is 17.9. The molecule has 0 amide bonds. The molecule has 0 radical (unpaired) electrons. The number of fused-ring (bicyclic) bond motifs is 3. The SMILES string of the molecule is COc1ccc(C2=C3c4ccc([N+](=O)[O-])cc4[N+](=O)N3CCN2CCN)cc1. The van der Waals surface area contributed by atoms with Gasteiger partial charge in [-0.2, -0.15) is 0 Å². The Morgan fingerprint density at radius 2 is 1.93 bits per heavy atom. The summed E-state index contributed by atoms with van der Waals surface area (Å²) in [4.78, 5) is 26.4. The molecule has 9 nitrogen and oxygen atoms in total. The van der Waals surface area contributed by atoms with Crippen LogP contribution in [0.5, 0.6) is 5.75 Å². The van der Waals surface area contributed by atoms with Crippen LogP contribution in [0.1, 0.15) is 11.1 Å². The Kier molecular flexibility index (Phi) is 4.44. The van der Waals surface area contributed by atoms with E-state index in [-0.39, 0.29) is 11.4 Å². The zero-order valence-electron chi connectivity index (χ0n) is 15.4. The molecule has 2 aliphatic rings. The topological polar surface area (TPSA) is 105 Å². The molecular weight excluding hydrogens is 362 g/mol. The van der Waals surface area contributed by atoms with Crippen LogP contribution in [0.2, 0.25) is 0 Å². The van der Waals surface area contributed by atoms with Gasteiger partial charge in [0.1, 0.15) is 18.0 Å². The second-order valence-electron chi connectivity index (χ2n) is 6.56. The van der Waals surface area contributed by atoms with Crippen molar-refractivity contribution in [1.29, 1.82) is 0 Å². The molecule has 4 rings (SSSR count). The largest absolute Gasteiger partial charge is 0.497 e. The van der Waals surface area contributed by atoms with Crippen LogP contribution in [0, 0.1) is 15.0 Å². The number of hydrazine groups is 1. The van der Waals surface area contributed by atoms with E-state index in [4.69, 9.17) is 10.5 Å². The third-order valence-corrected chi connectivity index (χ3v) is 5.02. The summed E-state index contributed by atoms with van der Waals surface area (Å²) in [6.45, 7) is 2.21. The van der Waals surface area contributed by atoms with Crippen LogP contribution in [0.4, 0.5) is 11.4 Å². The predicted octanol–water partition coefficient (Wildman–Crippen LogP) is 2.34. The van der Waals surface area contributed by atoms with Crippen molar-refractivity contribution >= 4 is 22.8 Å². The van der Waals surface area contributed by atoms with Gasteiger partial charge in [0, 0.05) is 31.3 Å². The molecule has 0 bridgehead atoms. The Bertz CT molecular complexity index is 986. The summed E-state index contributed by atoms with van der Waals surface area (Å²) < 4.78 is 5.24. The summed E-state index contributed by atoms with van der Waals surface area (Å²) in [6.07, 6.45) is 0. The van der Waals surface area contributed by atoms with E-state index in [9.17, 15) is 15.0 Å². The van der Waals surface area contributed by atoms with Crippen LogP contribution in [-0.4, -0.2) is 53.0 Å². The smallest absolute Gasteiger partial charge is 0.309 e. The van der Waals surface area contributed by atoms with Crippen molar-refractivity contribution in [3.8, 4) is 5.75 Å². The predicted molar refractivity (Wildman–Crippen MR) is 104 cm³/mol. The first-order chi connectivity index (χ1) is 13.5. The maximum Gasteiger partial charge on any atom is 0.309 e. The third kappa shape index (κ3) is 2.76. The van der Waals surface area contributed by atoms with Crippen LogP contribution >= 0.6 is 0 Å². The van der Waals surface area contributed by atoms with Gasteiger partial charge in [-0.3, -0.25) is 10.1 Å². The summed E-state index contributed by atoms with van der Waals surface area (Å²) in [5.74, 6) is 0.736. The number of nitrogens with zero attached hydrogens (tertiary/aromatic N) is 4. The zero-order chi connectivity index (χ0) is 19.8. The van der Waals surface area contributed by atoms with E-state index in [1.807, 2.05) is 24.3 Å². The highest BCUT2D eigenvalue weighted by Gasteiger charge is 2.47. The number of hydrogen-bond donors (Lipinski definition) is 1. The average Bonchev–Trinajstić information content (AvgIpc) is 3.00. The van der Waals surface area contributed by atoms with Crippen molar-refractivity contribution in [3.05, 3.63) is 68.6 Å². The van der Waals surface area contributed by atoms with Gasteiger partial charge < -0.3 is 15.4 Å². The molecule has 2 aromatic carbocycles. The molecule has 0 aliphatic carbocycles. The van der Waals surface area contributed by atoms with E-state index < -0.39 is 4.92 Å². The molecule has 0 saturated heterocycles. The fourth-order valence-electron chi connectivity index (χ4n) is 3.73. The first-order valence-electron chi connectivity index (χ1n) is 8.92. The maximum absolute atomic E-state index is 12.9. The molecule has 0 spiro atoms. The normalized spacial score (nSPS) is 15.6.